The zero-order chi connectivity index (χ0) is 29.0. The van der Waals surface area contributed by atoms with Crippen molar-refractivity contribution in [1.82, 2.24) is 9.62 Å². The van der Waals surface area contributed by atoms with Gasteiger partial charge in [-0.15, -0.1) is 0 Å². The molecular weight excluding hydrogens is 528 g/mol. The molecule has 0 aromatic heterocycles. The number of carbonyl (C=O) groups excluding carboxylic acids is 2. The summed E-state index contributed by atoms with van der Waals surface area (Å²) in [6.45, 7) is 10.3. The van der Waals surface area contributed by atoms with Crippen molar-refractivity contribution in [3.8, 4) is 0 Å². The number of piperidine rings is 1. The van der Waals surface area contributed by atoms with E-state index in [0.29, 0.717) is 44.0 Å². The Balaban J connectivity index is 1.21. The maximum Gasteiger partial charge on any atom is 0.414 e. The third-order valence-corrected chi connectivity index (χ3v) is 11.5. The van der Waals surface area contributed by atoms with Crippen molar-refractivity contribution in [2.75, 3.05) is 25.0 Å². The van der Waals surface area contributed by atoms with Gasteiger partial charge in [0.25, 0.3) is 5.91 Å². The number of aliphatic imine (C=N–C) groups is 1. The predicted octanol–water partition coefficient (Wildman–Crippen LogP) is 4.74. The zero-order valence-corrected chi connectivity index (χ0v) is 25.5. The van der Waals surface area contributed by atoms with Gasteiger partial charge in [0.1, 0.15) is 17.0 Å². The lowest BCUT2D eigenvalue weighted by Crippen LogP contribution is -2.51. The van der Waals surface area contributed by atoms with Crippen LogP contribution in [0.1, 0.15) is 89.7 Å². The lowest BCUT2D eigenvalue weighted by molar-refractivity contribution is -0.125. The summed E-state index contributed by atoms with van der Waals surface area (Å²) in [6, 6.07) is 5.69. The number of hydrogen-bond acceptors (Lipinski definition) is 6. The Hall–Kier alpha value is -2.46. The normalized spacial score (nSPS) is 28.6. The van der Waals surface area contributed by atoms with E-state index in [1.54, 1.807) is 11.4 Å². The third-order valence-electron chi connectivity index (χ3n) is 9.13. The highest BCUT2D eigenvalue weighted by atomic mass is 32.2. The van der Waals surface area contributed by atoms with E-state index in [1.165, 1.54) is 4.90 Å². The van der Waals surface area contributed by atoms with Gasteiger partial charge in [-0.05, 0) is 89.0 Å². The van der Waals surface area contributed by atoms with Crippen LogP contribution >= 0.6 is 0 Å². The lowest BCUT2D eigenvalue weighted by Gasteiger charge is -2.35. The van der Waals surface area contributed by atoms with Crippen molar-refractivity contribution >= 4 is 33.5 Å². The molecule has 1 aromatic carbocycles. The molecule has 2 atom stereocenters. The van der Waals surface area contributed by atoms with Gasteiger partial charge in [-0.25, -0.2) is 17.5 Å². The topological polar surface area (TPSA) is 108 Å². The van der Waals surface area contributed by atoms with Crippen LogP contribution in [0, 0.1) is 18.8 Å². The number of sulfonamides is 1. The molecule has 2 saturated carbocycles. The van der Waals surface area contributed by atoms with Crippen LogP contribution in [0.4, 0.5) is 10.5 Å². The van der Waals surface area contributed by atoms with Crippen molar-refractivity contribution in [1.29, 1.82) is 0 Å². The highest BCUT2D eigenvalue weighted by Crippen LogP contribution is 2.49. The molecule has 220 valence electrons. The monoisotopic (exact) mass is 572 g/mol. The average molecular weight is 573 g/mol. The molecule has 2 aliphatic carbocycles. The van der Waals surface area contributed by atoms with E-state index in [-0.39, 0.29) is 11.8 Å². The number of aryl methyl sites for hydroxylation is 1. The number of benzene rings is 1. The van der Waals surface area contributed by atoms with Gasteiger partial charge in [0.05, 0.1) is 5.25 Å². The van der Waals surface area contributed by atoms with Gasteiger partial charge in [-0.2, -0.15) is 0 Å². The molecule has 10 heteroatoms. The molecule has 40 heavy (non-hydrogen) atoms. The summed E-state index contributed by atoms with van der Waals surface area (Å²) in [5.74, 6) is 1.73. The minimum atomic E-state index is -3.50. The van der Waals surface area contributed by atoms with Crippen molar-refractivity contribution in [3.63, 3.8) is 0 Å². The first kappa shape index (κ1) is 29.0. The summed E-state index contributed by atoms with van der Waals surface area (Å²) < 4.78 is 34.2. The smallest absolute Gasteiger partial charge is 0.414 e. The molecule has 1 saturated heterocycles. The first-order valence-corrected chi connectivity index (χ1v) is 16.2. The largest absolute Gasteiger partial charge is 0.443 e. The fourth-order valence-corrected chi connectivity index (χ4v) is 8.55. The molecule has 1 N–H and O–H groups in total. The van der Waals surface area contributed by atoms with Crippen molar-refractivity contribution in [3.05, 3.63) is 29.3 Å². The number of anilines is 1. The van der Waals surface area contributed by atoms with Crippen LogP contribution in [-0.2, 0) is 19.6 Å². The first-order chi connectivity index (χ1) is 18.7. The standard InChI is InChI=1S/C30H44N4O5S/c1-19-7-9-21(10-8-19)26-31-27(35)30(32-26)13-15-34(16-14-30)40(37,38)25-18-24(25)23-12-11-22(17-20(23)2)33(6)28(36)39-29(3,4)5/h11-12,17,19,21,24-25H,7-10,13-16,18H2,1-6H3,(H,31,32,35). The summed E-state index contributed by atoms with van der Waals surface area (Å²) in [7, 11) is -1.83. The maximum absolute atomic E-state index is 13.6. The Morgan fingerprint density at radius 3 is 2.40 bits per heavy atom. The number of rotatable bonds is 5. The molecule has 9 nitrogen and oxygen atoms in total. The molecule has 1 aromatic rings. The minimum absolute atomic E-state index is 0.0606. The first-order valence-electron chi connectivity index (χ1n) is 14.7. The Morgan fingerprint density at radius 1 is 1.15 bits per heavy atom. The number of carbonyl (C=O) groups is 2. The van der Waals surface area contributed by atoms with Gasteiger partial charge in [0.15, 0.2) is 0 Å². The van der Waals surface area contributed by atoms with Crippen LogP contribution in [0.5, 0.6) is 0 Å². The highest BCUT2D eigenvalue weighted by molar-refractivity contribution is 7.90. The zero-order valence-electron chi connectivity index (χ0n) is 24.7. The number of amidine groups is 1. The minimum Gasteiger partial charge on any atom is -0.443 e. The van der Waals surface area contributed by atoms with Crippen LogP contribution in [0.2, 0.25) is 0 Å². The number of hydrogen-bond donors (Lipinski definition) is 1. The fourth-order valence-electron chi connectivity index (χ4n) is 6.46. The Kier molecular flexibility index (Phi) is 7.57. The molecule has 2 amide bonds. The molecule has 0 radical (unpaired) electrons. The third kappa shape index (κ3) is 5.66. The van der Waals surface area contributed by atoms with Crippen LogP contribution in [0.3, 0.4) is 0 Å². The van der Waals surface area contributed by atoms with E-state index in [4.69, 9.17) is 9.73 Å². The molecule has 3 fully saturated rings. The molecular formula is C30H44N4O5S. The van der Waals surface area contributed by atoms with Gasteiger partial charge < -0.3 is 10.1 Å². The molecule has 2 aliphatic heterocycles. The number of amides is 2. The Morgan fingerprint density at radius 2 is 1.80 bits per heavy atom. The van der Waals surface area contributed by atoms with Crippen molar-refractivity contribution < 1.29 is 22.7 Å². The van der Waals surface area contributed by atoms with Gasteiger partial charge in [-0.3, -0.25) is 14.7 Å². The van der Waals surface area contributed by atoms with E-state index in [9.17, 15) is 18.0 Å². The highest BCUT2D eigenvalue weighted by Gasteiger charge is 2.54. The molecule has 5 rings (SSSR count). The van der Waals surface area contributed by atoms with E-state index >= 15 is 0 Å². The Labute approximate surface area is 238 Å². The van der Waals surface area contributed by atoms with E-state index in [0.717, 1.165) is 48.6 Å². The summed E-state index contributed by atoms with van der Waals surface area (Å²) in [5.41, 5.74) is 1.24. The van der Waals surface area contributed by atoms with Crippen LogP contribution in [0.25, 0.3) is 0 Å². The van der Waals surface area contributed by atoms with Crippen molar-refractivity contribution in [2.24, 2.45) is 16.8 Å². The SMILES string of the molecule is Cc1cc(N(C)C(=O)OC(C)(C)C)ccc1C1CC1S(=O)(=O)N1CCC2(CC1)N=C(C1CCC(C)CC1)NC2=O. The second-order valence-corrected chi connectivity index (χ2v) is 15.5. The molecule has 1 spiro atoms. The lowest BCUT2D eigenvalue weighted by atomic mass is 9.82. The van der Waals surface area contributed by atoms with Gasteiger partial charge in [0.2, 0.25) is 10.0 Å². The summed E-state index contributed by atoms with van der Waals surface area (Å²) in [6.07, 6.45) is 5.41. The van der Waals surface area contributed by atoms with E-state index < -0.39 is 32.5 Å². The van der Waals surface area contributed by atoms with Gasteiger partial charge in [-0.1, -0.05) is 25.8 Å². The molecule has 4 aliphatic rings. The van der Waals surface area contributed by atoms with Crippen LogP contribution < -0.4 is 10.2 Å². The number of nitrogens with one attached hydrogen (secondary N) is 1. The van der Waals surface area contributed by atoms with Crippen LogP contribution in [-0.4, -0.2) is 67.1 Å². The summed E-state index contributed by atoms with van der Waals surface area (Å²) in [5, 5.41) is 2.60. The quantitative estimate of drug-likeness (QED) is 0.548. The molecule has 0 bridgehead atoms. The number of nitrogens with zero attached hydrogens (tertiary/aromatic N) is 3. The maximum atomic E-state index is 13.6. The van der Waals surface area contributed by atoms with Crippen molar-refractivity contribution in [2.45, 2.75) is 102 Å². The van der Waals surface area contributed by atoms with E-state index in [2.05, 4.69) is 12.2 Å². The Bertz CT molecular complexity index is 1300. The second kappa shape index (κ2) is 10.4. The second-order valence-electron chi connectivity index (χ2n) is 13.3. The van der Waals surface area contributed by atoms with E-state index in [1.807, 2.05) is 45.9 Å². The van der Waals surface area contributed by atoms with Gasteiger partial charge >= 0.3 is 6.09 Å². The molecule has 2 heterocycles. The molecule has 2 unspecified atom stereocenters. The van der Waals surface area contributed by atoms with Crippen LogP contribution in [0.15, 0.2) is 23.2 Å². The summed E-state index contributed by atoms with van der Waals surface area (Å²) in [4.78, 5) is 31.9. The fraction of sp³-hybridized carbons (Fsp3) is 0.700. The number of ether oxygens (including phenoxy) is 1. The average Bonchev–Trinajstić information content (AvgIpc) is 3.63. The summed E-state index contributed by atoms with van der Waals surface area (Å²) >= 11 is 0. The van der Waals surface area contributed by atoms with Gasteiger partial charge in [0, 0.05) is 37.7 Å². The predicted molar refractivity (Wildman–Crippen MR) is 156 cm³/mol.